The molecule has 3 N–H and O–H groups in total. The van der Waals surface area contributed by atoms with Crippen molar-refractivity contribution >= 4 is 19.8 Å². The molecule has 0 aliphatic carbocycles. The van der Waals surface area contributed by atoms with Gasteiger partial charge >= 0.3 is 19.8 Å². The highest BCUT2D eigenvalue weighted by atomic mass is 31.2. The number of carbonyl (C=O) groups is 2. The molecular formula is C39H72NO9P. The van der Waals surface area contributed by atoms with Gasteiger partial charge in [0.05, 0.1) is 25.4 Å². The van der Waals surface area contributed by atoms with Crippen LogP contribution in [0.15, 0.2) is 24.3 Å². The van der Waals surface area contributed by atoms with Crippen LogP contribution in [0, 0.1) is 0 Å². The monoisotopic (exact) mass is 729 g/mol. The lowest BCUT2D eigenvalue weighted by molar-refractivity contribution is -0.161. The van der Waals surface area contributed by atoms with Crippen molar-refractivity contribution in [2.75, 3.05) is 26.4 Å². The number of hydrogen-bond donors (Lipinski definition) is 2. The number of esters is 2. The summed E-state index contributed by atoms with van der Waals surface area (Å²) in [5.74, 6) is -0.862. The van der Waals surface area contributed by atoms with Crippen LogP contribution >= 0.6 is 7.82 Å². The second-order valence-corrected chi connectivity index (χ2v) is 15.0. The number of unbranched alkanes of at least 4 members (excludes halogenated alkanes) is 16. The lowest BCUT2D eigenvalue weighted by Gasteiger charge is -2.19. The second-order valence-electron chi connectivity index (χ2n) is 13.5. The van der Waals surface area contributed by atoms with E-state index in [4.69, 9.17) is 29.0 Å². The molecule has 0 aromatic heterocycles. The number of hydrogen-bond acceptors (Lipinski definition) is 9. The number of carbonyl (C=O) groups excluding carboxylic acids is 2. The molecule has 3 unspecified atom stereocenters. The fraction of sp³-hybridized carbons (Fsp3) is 0.846. The van der Waals surface area contributed by atoms with E-state index in [0.717, 1.165) is 77.0 Å². The molecule has 1 rings (SSSR count). The third-order valence-corrected chi connectivity index (χ3v) is 9.72. The van der Waals surface area contributed by atoms with Crippen molar-refractivity contribution in [1.29, 1.82) is 0 Å². The average molecular weight is 730 g/mol. The first-order valence-electron chi connectivity index (χ1n) is 19.9. The maximum absolute atomic E-state index is 12.5. The third-order valence-electron chi connectivity index (χ3n) is 8.73. The SMILES string of the molecule is CCCCC/C=C\CC1OC1CCCCCCCC(=O)OC[C@H](COP(=O)(O)OCCN)OC(=O)CCCCCCC/C=C\CCCCCC. The maximum atomic E-state index is 12.5. The summed E-state index contributed by atoms with van der Waals surface area (Å²) in [7, 11) is -4.38. The highest BCUT2D eigenvalue weighted by Gasteiger charge is 2.36. The van der Waals surface area contributed by atoms with E-state index in [1.165, 1.54) is 51.4 Å². The van der Waals surface area contributed by atoms with E-state index in [0.29, 0.717) is 25.0 Å². The second kappa shape index (κ2) is 32.1. The highest BCUT2D eigenvalue weighted by Crippen LogP contribution is 2.43. The Hall–Kier alpha value is -1.55. The molecule has 0 saturated carbocycles. The van der Waals surface area contributed by atoms with Crippen molar-refractivity contribution < 1.29 is 42.3 Å². The fourth-order valence-electron chi connectivity index (χ4n) is 5.63. The molecule has 1 saturated heterocycles. The zero-order valence-corrected chi connectivity index (χ0v) is 32.5. The zero-order chi connectivity index (χ0) is 36.5. The molecule has 0 aromatic carbocycles. The molecular weight excluding hydrogens is 657 g/mol. The number of rotatable bonds is 36. The van der Waals surface area contributed by atoms with E-state index >= 15 is 0 Å². The minimum Gasteiger partial charge on any atom is -0.462 e. The Morgan fingerprint density at radius 2 is 1.24 bits per heavy atom. The molecule has 4 atom stereocenters. The summed E-state index contributed by atoms with van der Waals surface area (Å²) in [5.41, 5.74) is 5.33. The van der Waals surface area contributed by atoms with Crippen LogP contribution in [0.3, 0.4) is 0 Å². The summed E-state index contributed by atoms with van der Waals surface area (Å²) >= 11 is 0. The van der Waals surface area contributed by atoms with Gasteiger partial charge in [-0.1, -0.05) is 115 Å². The van der Waals surface area contributed by atoms with Gasteiger partial charge < -0.3 is 24.8 Å². The van der Waals surface area contributed by atoms with Gasteiger partial charge in [-0.25, -0.2) is 4.57 Å². The van der Waals surface area contributed by atoms with Crippen LogP contribution in [0.1, 0.15) is 168 Å². The molecule has 0 radical (unpaired) electrons. The largest absolute Gasteiger partial charge is 0.472 e. The van der Waals surface area contributed by atoms with Gasteiger partial charge in [-0.2, -0.15) is 0 Å². The first-order chi connectivity index (χ1) is 24.3. The number of epoxide rings is 1. The first-order valence-corrected chi connectivity index (χ1v) is 21.4. The summed E-state index contributed by atoms with van der Waals surface area (Å²) in [6.07, 6.45) is 33.7. The van der Waals surface area contributed by atoms with Crippen LogP contribution in [0.4, 0.5) is 0 Å². The van der Waals surface area contributed by atoms with E-state index in [1.54, 1.807) is 0 Å². The molecule has 11 heteroatoms. The quantitative estimate of drug-likeness (QED) is 0.0210. The summed E-state index contributed by atoms with van der Waals surface area (Å²) < 4.78 is 38.5. The van der Waals surface area contributed by atoms with E-state index in [9.17, 15) is 19.0 Å². The number of ether oxygens (including phenoxy) is 3. The molecule has 0 bridgehead atoms. The lowest BCUT2D eigenvalue weighted by atomic mass is 10.1. The lowest BCUT2D eigenvalue weighted by Crippen LogP contribution is -2.29. The van der Waals surface area contributed by atoms with Crippen molar-refractivity contribution in [1.82, 2.24) is 0 Å². The van der Waals surface area contributed by atoms with Crippen LogP contribution in [0.25, 0.3) is 0 Å². The minimum absolute atomic E-state index is 0.0479. The zero-order valence-electron chi connectivity index (χ0n) is 31.6. The summed E-state index contributed by atoms with van der Waals surface area (Å²) in [5, 5.41) is 0. The van der Waals surface area contributed by atoms with Crippen molar-refractivity contribution in [2.24, 2.45) is 5.73 Å². The average Bonchev–Trinajstić information content (AvgIpc) is 3.86. The summed E-state index contributed by atoms with van der Waals surface area (Å²) in [4.78, 5) is 34.8. The Morgan fingerprint density at radius 1 is 0.700 bits per heavy atom. The predicted octanol–water partition coefficient (Wildman–Crippen LogP) is 9.82. The van der Waals surface area contributed by atoms with Crippen molar-refractivity contribution in [2.45, 2.75) is 186 Å². The van der Waals surface area contributed by atoms with Crippen LogP contribution in [-0.2, 0) is 37.4 Å². The van der Waals surface area contributed by atoms with Crippen molar-refractivity contribution in [3.8, 4) is 0 Å². The Morgan fingerprint density at radius 3 is 1.90 bits per heavy atom. The smallest absolute Gasteiger partial charge is 0.462 e. The maximum Gasteiger partial charge on any atom is 0.472 e. The van der Waals surface area contributed by atoms with Gasteiger partial charge in [-0.3, -0.25) is 18.6 Å². The van der Waals surface area contributed by atoms with Crippen LogP contribution in [-0.4, -0.2) is 61.5 Å². The Labute approximate surface area is 304 Å². The van der Waals surface area contributed by atoms with E-state index < -0.39 is 32.5 Å². The van der Waals surface area contributed by atoms with Gasteiger partial charge in [0.15, 0.2) is 6.10 Å². The first kappa shape index (κ1) is 46.5. The predicted molar refractivity (Wildman–Crippen MR) is 201 cm³/mol. The van der Waals surface area contributed by atoms with E-state index in [1.807, 2.05) is 0 Å². The summed E-state index contributed by atoms with van der Waals surface area (Å²) in [6, 6.07) is 0. The minimum atomic E-state index is -4.38. The van der Waals surface area contributed by atoms with E-state index in [-0.39, 0.29) is 32.6 Å². The molecule has 50 heavy (non-hydrogen) atoms. The molecule has 1 aliphatic heterocycles. The highest BCUT2D eigenvalue weighted by molar-refractivity contribution is 7.47. The van der Waals surface area contributed by atoms with Gasteiger partial charge in [-0.15, -0.1) is 0 Å². The number of nitrogens with two attached hydrogens (primary N) is 1. The van der Waals surface area contributed by atoms with Gasteiger partial charge in [0.25, 0.3) is 0 Å². The Kier molecular flexibility index (Phi) is 29.9. The number of allylic oxidation sites excluding steroid dienone is 3. The Bertz CT molecular complexity index is 945. The van der Waals surface area contributed by atoms with Crippen molar-refractivity contribution in [3.63, 3.8) is 0 Å². The van der Waals surface area contributed by atoms with Gasteiger partial charge in [0.2, 0.25) is 0 Å². The Balaban J connectivity index is 2.22. The topological polar surface area (TPSA) is 147 Å². The normalized spacial score (nSPS) is 17.7. The van der Waals surface area contributed by atoms with Crippen LogP contribution in [0.2, 0.25) is 0 Å². The molecule has 0 amide bonds. The standard InChI is InChI=1S/C39H72NO9P/c1-3-5-7-9-11-12-13-14-15-16-17-21-26-30-39(42)48-35(34-47-50(43,44)46-32-31-40)33-45-38(41)29-25-22-18-20-24-28-37-36(49-37)27-23-19-10-8-6-4-2/h12-13,19,23,35-37H,3-11,14-18,20-22,24-34,40H2,1-2H3,(H,43,44)/b13-12-,23-19-/t35-,36?,37?/m1/s1. The van der Waals surface area contributed by atoms with Crippen LogP contribution in [0.5, 0.6) is 0 Å². The third kappa shape index (κ3) is 29.1. The van der Waals surface area contributed by atoms with Gasteiger partial charge in [0, 0.05) is 19.4 Å². The molecule has 0 spiro atoms. The molecule has 1 aliphatic rings. The summed E-state index contributed by atoms with van der Waals surface area (Å²) in [6.45, 7) is 3.64. The van der Waals surface area contributed by atoms with Gasteiger partial charge in [-0.05, 0) is 64.2 Å². The van der Waals surface area contributed by atoms with Gasteiger partial charge in [0.1, 0.15) is 6.61 Å². The molecule has 10 nitrogen and oxygen atoms in total. The fourth-order valence-corrected chi connectivity index (χ4v) is 6.40. The van der Waals surface area contributed by atoms with E-state index in [2.05, 4.69) is 38.2 Å². The molecule has 1 heterocycles. The van der Waals surface area contributed by atoms with Crippen molar-refractivity contribution in [3.05, 3.63) is 24.3 Å². The molecule has 0 aromatic rings. The molecule has 1 fully saturated rings. The van der Waals surface area contributed by atoms with Crippen LogP contribution < -0.4 is 5.73 Å². The number of phosphoric acid groups is 1. The molecule has 292 valence electrons. The number of phosphoric ester groups is 1.